The maximum Gasteiger partial charge on any atom is 0.416 e. The molecule has 0 bridgehead atoms. The summed E-state index contributed by atoms with van der Waals surface area (Å²) in [5.74, 6) is 1.28. The van der Waals surface area contributed by atoms with Crippen LogP contribution in [-0.2, 0) is 6.18 Å². The van der Waals surface area contributed by atoms with Gasteiger partial charge in [-0.1, -0.05) is 12.1 Å². The molecule has 0 radical (unpaired) electrons. The largest absolute Gasteiger partial charge is 0.416 e. The minimum Gasteiger partial charge on any atom is -0.353 e. The first kappa shape index (κ1) is 17.4. The monoisotopic (exact) mass is 425 g/mol. The lowest BCUT2D eigenvalue weighted by molar-refractivity contribution is -0.137. The molecule has 1 N–H and O–H groups in total. The van der Waals surface area contributed by atoms with Crippen LogP contribution in [0.4, 0.5) is 13.2 Å². The summed E-state index contributed by atoms with van der Waals surface area (Å²) in [5, 5.41) is 3.40. The van der Waals surface area contributed by atoms with Gasteiger partial charge in [0.05, 0.1) is 12.1 Å². The summed E-state index contributed by atoms with van der Waals surface area (Å²) in [7, 11) is 2.00. The smallest absolute Gasteiger partial charge is 0.353 e. The molecule has 1 aromatic carbocycles. The maximum atomic E-state index is 12.5. The molecule has 3 rings (SSSR count). The summed E-state index contributed by atoms with van der Waals surface area (Å²) in [6.45, 7) is 1.77. The van der Waals surface area contributed by atoms with Gasteiger partial charge in [0, 0.05) is 19.6 Å². The summed E-state index contributed by atoms with van der Waals surface area (Å²) in [4.78, 5) is 6.47. The molecule has 1 fully saturated rings. The molecule has 0 aromatic heterocycles. The summed E-state index contributed by atoms with van der Waals surface area (Å²) in [6.07, 6.45) is -2.37. The van der Waals surface area contributed by atoms with E-state index in [9.17, 15) is 13.2 Å². The number of likely N-dealkylation sites (N-methyl/N-ethyl adjacent to an activating group) is 1. The molecule has 1 aliphatic heterocycles. The van der Waals surface area contributed by atoms with Crippen LogP contribution in [0, 0.1) is 0 Å². The number of halogens is 4. The van der Waals surface area contributed by atoms with E-state index in [1.807, 2.05) is 7.05 Å². The number of hydrogen-bond donors (Lipinski definition) is 1. The van der Waals surface area contributed by atoms with Gasteiger partial charge in [-0.25, -0.2) is 0 Å². The molecule has 0 saturated heterocycles. The number of rotatable bonds is 2. The molecular formula is C15H19F3IN3. The van der Waals surface area contributed by atoms with Crippen LogP contribution in [0.15, 0.2) is 29.3 Å². The van der Waals surface area contributed by atoms with Crippen LogP contribution in [0.5, 0.6) is 0 Å². The lowest BCUT2D eigenvalue weighted by Crippen LogP contribution is -2.47. The number of nitrogens with one attached hydrogen (secondary N) is 1. The van der Waals surface area contributed by atoms with E-state index >= 15 is 0 Å². The molecule has 0 atom stereocenters. The Morgan fingerprint density at radius 3 is 2.32 bits per heavy atom. The van der Waals surface area contributed by atoms with Crippen molar-refractivity contribution >= 4 is 29.9 Å². The van der Waals surface area contributed by atoms with Gasteiger partial charge in [-0.3, -0.25) is 4.99 Å². The van der Waals surface area contributed by atoms with Gasteiger partial charge >= 0.3 is 6.18 Å². The van der Waals surface area contributed by atoms with E-state index in [4.69, 9.17) is 0 Å². The Bertz CT molecular complexity index is 536. The number of nitrogens with zero attached hydrogens (tertiary/aromatic N) is 2. The van der Waals surface area contributed by atoms with Gasteiger partial charge < -0.3 is 10.2 Å². The van der Waals surface area contributed by atoms with E-state index in [0.29, 0.717) is 12.0 Å². The van der Waals surface area contributed by atoms with Gasteiger partial charge in [0.25, 0.3) is 0 Å². The Morgan fingerprint density at radius 2 is 1.82 bits per heavy atom. The van der Waals surface area contributed by atoms with E-state index in [-0.39, 0.29) is 24.0 Å². The first-order chi connectivity index (χ1) is 9.93. The Kier molecular flexibility index (Phi) is 5.24. The van der Waals surface area contributed by atoms with Crippen molar-refractivity contribution in [1.82, 2.24) is 10.2 Å². The minimum atomic E-state index is -4.26. The van der Waals surface area contributed by atoms with Crippen molar-refractivity contribution < 1.29 is 13.2 Å². The van der Waals surface area contributed by atoms with Crippen molar-refractivity contribution in [2.45, 2.75) is 31.0 Å². The first-order valence-corrected chi connectivity index (χ1v) is 7.13. The zero-order valence-electron chi connectivity index (χ0n) is 12.2. The topological polar surface area (TPSA) is 27.6 Å². The van der Waals surface area contributed by atoms with Crippen LogP contribution in [0.25, 0.3) is 0 Å². The fourth-order valence-corrected chi connectivity index (χ4v) is 2.82. The van der Waals surface area contributed by atoms with Gasteiger partial charge in [0.15, 0.2) is 5.96 Å². The molecule has 0 unspecified atom stereocenters. The normalized spacial score (nSPS) is 24.4. The zero-order chi connectivity index (χ0) is 15.0. The van der Waals surface area contributed by atoms with Gasteiger partial charge in [0.1, 0.15) is 0 Å². The Balaban J connectivity index is 0.00000176. The molecule has 1 aliphatic carbocycles. The molecule has 0 spiro atoms. The summed E-state index contributed by atoms with van der Waals surface area (Å²) >= 11 is 0. The fraction of sp³-hybridized carbons (Fsp3) is 0.533. The summed E-state index contributed by atoms with van der Waals surface area (Å²) in [6, 6.07) is 5.92. The molecular weight excluding hydrogens is 406 g/mol. The van der Waals surface area contributed by atoms with Crippen LogP contribution in [0.3, 0.4) is 0 Å². The van der Waals surface area contributed by atoms with Crippen molar-refractivity contribution in [3.63, 3.8) is 0 Å². The second-order valence-corrected chi connectivity index (χ2v) is 5.76. The predicted octanol–water partition coefficient (Wildman–Crippen LogP) is 3.46. The second-order valence-electron chi connectivity index (χ2n) is 5.76. The third kappa shape index (κ3) is 3.67. The lowest BCUT2D eigenvalue weighted by Gasteiger charge is -2.37. The Labute approximate surface area is 145 Å². The van der Waals surface area contributed by atoms with E-state index in [2.05, 4.69) is 15.2 Å². The van der Waals surface area contributed by atoms with Crippen molar-refractivity contribution in [3.05, 3.63) is 35.4 Å². The van der Waals surface area contributed by atoms with Gasteiger partial charge in [-0.15, -0.1) is 24.0 Å². The van der Waals surface area contributed by atoms with E-state index in [1.54, 1.807) is 12.1 Å². The maximum absolute atomic E-state index is 12.5. The van der Waals surface area contributed by atoms with E-state index in [0.717, 1.165) is 37.5 Å². The van der Waals surface area contributed by atoms with Gasteiger partial charge in [-0.2, -0.15) is 13.2 Å². The highest BCUT2D eigenvalue weighted by Crippen LogP contribution is 2.38. The first-order valence-electron chi connectivity index (χ1n) is 7.13. The van der Waals surface area contributed by atoms with Crippen molar-refractivity contribution in [3.8, 4) is 0 Å². The average Bonchev–Trinajstić information content (AvgIpc) is 2.78. The molecule has 1 saturated carbocycles. The van der Waals surface area contributed by atoms with Crippen LogP contribution in [0.2, 0.25) is 0 Å². The number of alkyl halides is 3. The van der Waals surface area contributed by atoms with Gasteiger partial charge in [-0.05, 0) is 36.5 Å². The fourth-order valence-electron chi connectivity index (χ4n) is 2.82. The molecule has 122 valence electrons. The third-order valence-corrected chi connectivity index (χ3v) is 4.24. The number of hydrogen-bond acceptors (Lipinski definition) is 3. The molecule has 0 amide bonds. The number of benzene rings is 1. The number of aliphatic imine (C=N–C) groups is 1. The van der Waals surface area contributed by atoms with Crippen LogP contribution >= 0.6 is 24.0 Å². The molecule has 3 nitrogen and oxygen atoms in total. The van der Waals surface area contributed by atoms with Crippen molar-refractivity contribution in [1.29, 1.82) is 0 Å². The van der Waals surface area contributed by atoms with E-state index in [1.165, 1.54) is 12.1 Å². The molecule has 2 aliphatic rings. The van der Waals surface area contributed by atoms with Crippen molar-refractivity contribution in [2.24, 2.45) is 4.99 Å². The molecule has 7 heteroatoms. The highest BCUT2D eigenvalue weighted by molar-refractivity contribution is 14.0. The average molecular weight is 425 g/mol. The SMILES string of the molecule is CN1CCN=C1NC1CC(c2ccc(C(F)(F)F)cc2)C1.I. The van der Waals surface area contributed by atoms with Crippen LogP contribution in [0.1, 0.15) is 29.9 Å². The standard InChI is InChI=1S/C15H18F3N3.HI/c1-21-7-6-19-14(21)20-13-8-11(9-13)10-2-4-12(5-3-10)15(16,17)18;/h2-5,11,13H,6-9H2,1H3,(H,19,20);1H. The van der Waals surface area contributed by atoms with Crippen LogP contribution < -0.4 is 5.32 Å². The highest BCUT2D eigenvalue weighted by atomic mass is 127. The second kappa shape index (κ2) is 6.64. The highest BCUT2D eigenvalue weighted by Gasteiger charge is 2.34. The summed E-state index contributed by atoms with van der Waals surface area (Å²) < 4.78 is 37.5. The molecule has 22 heavy (non-hydrogen) atoms. The van der Waals surface area contributed by atoms with Gasteiger partial charge in [0.2, 0.25) is 0 Å². The Morgan fingerprint density at radius 1 is 1.18 bits per heavy atom. The predicted molar refractivity (Wildman–Crippen MR) is 90.7 cm³/mol. The molecule has 1 aromatic rings. The third-order valence-electron chi connectivity index (χ3n) is 4.24. The summed E-state index contributed by atoms with van der Waals surface area (Å²) in [5.41, 5.74) is 0.407. The minimum absolute atomic E-state index is 0. The van der Waals surface area contributed by atoms with E-state index < -0.39 is 11.7 Å². The quantitative estimate of drug-likeness (QED) is 0.736. The zero-order valence-corrected chi connectivity index (χ0v) is 14.6. The Hall–Kier alpha value is -0.990. The molecule has 1 heterocycles. The lowest BCUT2D eigenvalue weighted by atomic mass is 9.76. The number of guanidine groups is 1. The van der Waals surface area contributed by atoms with Crippen molar-refractivity contribution in [2.75, 3.05) is 20.1 Å². The van der Waals surface area contributed by atoms with Crippen LogP contribution in [-0.4, -0.2) is 37.0 Å².